The van der Waals surface area contributed by atoms with Crippen LogP contribution in [0.4, 0.5) is 5.69 Å². The van der Waals surface area contributed by atoms with Gasteiger partial charge in [0.2, 0.25) is 0 Å². The van der Waals surface area contributed by atoms with Crippen molar-refractivity contribution in [3.05, 3.63) is 28.8 Å². The van der Waals surface area contributed by atoms with Crippen LogP contribution in [0.1, 0.15) is 19.4 Å². The summed E-state index contributed by atoms with van der Waals surface area (Å²) in [4.78, 5) is 2.50. The second kappa shape index (κ2) is 6.69. The molecule has 0 aliphatic carbocycles. The zero-order valence-electron chi connectivity index (χ0n) is 11.1. The SMILES string of the molecule is CCNCc1ccc(Cl)cc1N1CCSCC1C. The van der Waals surface area contributed by atoms with Gasteiger partial charge in [0.1, 0.15) is 0 Å². The fourth-order valence-corrected chi connectivity index (χ4v) is 3.48. The van der Waals surface area contributed by atoms with Crippen LogP contribution in [0.15, 0.2) is 18.2 Å². The molecule has 2 nitrogen and oxygen atoms in total. The predicted molar refractivity (Wildman–Crippen MR) is 83.0 cm³/mol. The summed E-state index contributed by atoms with van der Waals surface area (Å²) in [7, 11) is 0. The standard InChI is InChI=1S/C14H21ClN2S/c1-3-16-9-12-4-5-13(15)8-14(12)17-6-7-18-10-11(17)2/h4-5,8,11,16H,3,6-7,9-10H2,1-2H3. The summed E-state index contributed by atoms with van der Waals surface area (Å²) in [5, 5.41) is 4.23. The van der Waals surface area contributed by atoms with E-state index < -0.39 is 0 Å². The van der Waals surface area contributed by atoms with E-state index in [2.05, 4.69) is 36.2 Å². The molecular formula is C14H21ClN2S. The maximum atomic E-state index is 6.17. The molecule has 1 unspecified atom stereocenters. The van der Waals surface area contributed by atoms with E-state index in [4.69, 9.17) is 11.6 Å². The van der Waals surface area contributed by atoms with Crippen molar-refractivity contribution in [2.45, 2.75) is 26.4 Å². The zero-order chi connectivity index (χ0) is 13.0. The summed E-state index contributed by atoms with van der Waals surface area (Å²) in [6, 6.07) is 6.83. The number of nitrogens with zero attached hydrogens (tertiary/aromatic N) is 1. The van der Waals surface area contributed by atoms with Crippen molar-refractivity contribution >= 4 is 29.1 Å². The molecule has 2 rings (SSSR count). The van der Waals surface area contributed by atoms with Crippen LogP contribution in [-0.4, -0.2) is 30.6 Å². The molecule has 0 spiro atoms. The largest absolute Gasteiger partial charge is 0.367 e. The van der Waals surface area contributed by atoms with Gasteiger partial charge in [-0.25, -0.2) is 0 Å². The van der Waals surface area contributed by atoms with E-state index in [9.17, 15) is 0 Å². The summed E-state index contributed by atoms with van der Waals surface area (Å²) in [5.41, 5.74) is 2.65. The monoisotopic (exact) mass is 284 g/mol. The van der Waals surface area contributed by atoms with Crippen molar-refractivity contribution in [2.75, 3.05) is 29.5 Å². The fraction of sp³-hybridized carbons (Fsp3) is 0.571. The molecule has 0 radical (unpaired) electrons. The van der Waals surface area contributed by atoms with E-state index >= 15 is 0 Å². The first kappa shape index (κ1) is 14.0. The Hall–Kier alpha value is -0.380. The minimum absolute atomic E-state index is 0.586. The van der Waals surface area contributed by atoms with Gasteiger partial charge in [0.05, 0.1) is 0 Å². The van der Waals surface area contributed by atoms with Gasteiger partial charge in [-0.2, -0.15) is 11.8 Å². The van der Waals surface area contributed by atoms with Gasteiger partial charge in [0.15, 0.2) is 0 Å². The Bertz CT molecular complexity index is 397. The molecule has 4 heteroatoms. The Balaban J connectivity index is 2.25. The molecule has 1 aliphatic rings. The molecule has 1 aromatic rings. The molecule has 0 saturated carbocycles. The van der Waals surface area contributed by atoms with Crippen LogP contribution in [0, 0.1) is 0 Å². The number of benzene rings is 1. The number of hydrogen-bond donors (Lipinski definition) is 1. The average Bonchev–Trinajstić information content (AvgIpc) is 2.38. The van der Waals surface area contributed by atoms with E-state index in [1.807, 2.05) is 17.8 Å². The predicted octanol–water partition coefficient (Wildman–Crippen LogP) is 3.39. The van der Waals surface area contributed by atoms with Gasteiger partial charge in [-0.05, 0) is 31.2 Å². The highest BCUT2D eigenvalue weighted by Crippen LogP contribution is 2.29. The topological polar surface area (TPSA) is 15.3 Å². The summed E-state index contributed by atoms with van der Waals surface area (Å²) in [5.74, 6) is 2.41. The molecule has 0 aromatic heterocycles. The third kappa shape index (κ3) is 3.34. The van der Waals surface area contributed by atoms with Gasteiger partial charge in [-0.3, -0.25) is 0 Å². The Morgan fingerprint density at radius 2 is 2.33 bits per heavy atom. The summed E-state index contributed by atoms with van der Waals surface area (Å²) < 4.78 is 0. The van der Waals surface area contributed by atoms with Crippen LogP contribution in [-0.2, 0) is 6.54 Å². The van der Waals surface area contributed by atoms with E-state index in [1.54, 1.807) is 0 Å². The van der Waals surface area contributed by atoms with Gasteiger partial charge in [-0.15, -0.1) is 0 Å². The zero-order valence-corrected chi connectivity index (χ0v) is 12.7. The van der Waals surface area contributed by atoms with Crippen LogP contribution < -0.4 is 10.2 Å². The summed E-state index contributed by atoms with van der Waals surface area (Å²) >= 11 is 8.20. The number of anilines is 1. The molecule has 1 saturated heterocycles. The second-order valence-corrected chi connectivity index (χ2v) is 6.26. The van der Waals surface area contributed by atoms with Crippen molar-refractivity contribution in [1.29, 1.82) is 0 Å². The Kier molecular flexibility index (Phi) is 5.22. The van der Waals surface area contributed by atoms with Gasteiger partial charge in [0.25, 0.3) is 0 Å². The van der Waals surface area contributed by atoms with Crippen molar-refractivity contribution in [1.82, 2.24) is 5.32 Å². The van der Waals surface area contributed by atoms with Crippen LogP contribution in [0.2, 0.25) is 5.02 Å². The highest BCUT2D eigenvalue weighted by Gasteiger charge is 2.21. The average molecular weight is 285 g/mol. The van der Waals surface area contributed by atoms with Gasteiger partial charge in [0, 0.05) is 41.3 Å². The Morgan fingerprint density at radius 3 is 3.06 bits per heavy atom. The van der Waals surface area contributed by atoms with E-state index in [0.717, 1.165) is 24.7 Å². The highest BCUT2D eigenvalue weighted by atomic mass is 35.5. The van der Waals surface area contributed by atoms with Crippen molar-refractivity contribution < 1.29 is 0 Å². The van der Waals surface area contributed by atoms with Crippen LogP contribution in [0.25, 0.3) is 0 Å². The minimum Gasteiger partial charge on any atom is -0.367 e. The summed E-state index contributed by atoms with van der Waals surface area (Å²) in [6.07, 6.45) is 0. The number of halogens is 1. The van der Waals surface area contributed by atoms with Gasteiger partial charge in [-0.1, -0.05) is 24.6 Å². The molecule has 100 valence electrons. The lowest BCUT2D eigenvalue weighted by molar-refractivity contribution is 0.681. The molecule has 1 N–H and O–H groups in total. The lowest BCUT2D eigenvalue weighted by Crippen LogP contribution is -2.41. The lowest BCUT2D eigenvalue weighted by atomic mass is 10.1. The molecule has 0 bridgehead atoms. The van der Waals surface area contributed by atoms with Crippen molar-refractivity contribution in [3.63, 3.8) is 0 Å². The first-order chi connectivity index (χ1) is 8.72. The number of rotatable bonds is 4. The third-order valence-corrected chi connectivity index (χ3v) is 4.71. The number of nitrogens with one attached hydrogen (secondary N) is 1. The van der Waals surface area contributed by atoms with Gasteiger partial charge >= 0.3 is 0 Å². The van der Waals surface area contributed by atoms with Crippen LogP contribution >= 0.6 is 23.4 Å². The lowest BCUT2D eigenvalue weighted by Gasteiger charge is -2.36. The minimum atomic E-state index is 0.586. The number of thioether (sulfide) groups is 1. The smallest absolute Gasteiger partial charge is 0.0429 e. The summed E-state index contributed by atoms with van der Waals surface area (Å²) in [6.45, 7) is 7.46. The molecule has 0 amide bonds. The molecule has 1 aromatic carbocycles. The van der Waals surface area contributed by atoms with Crippen molar-refractivity contribution in [2.24, 2.45) is 0 Å². The molecule has 1 heterocycles. The maximum Gasteiger partial charge on any atom is 0.0429 e. The fourth-order valence-electron chi connectivity index (χ4n) is 2.30. The van der Waals surface area contributed by atoms with E-state index in [0.29, 0.717) is 6.04 Å². The second-order valence-electron chi connectivity index (χ2n) is 4.67. The quantitative estimate of drug-likeness (QED) is 0.912. The van der Waals surface area contributed by atoms with E-state index in [-0.39, 0.29) is 0 Å². The highest BCUT2D eigenvalue weighted by molar-refractivity contribution is 7.99. The van der Waals surface area contributed by atoms with Crippen LogP contribution in [0.5, 0.6) is 0 Å². The Morgan fingerprint density at radius 1 is 1.50 bits per heavy atom. The normalized spacial score (nSPS) is 20.2. The third-order valence-electron chi connectivity index (χ3n) is 3.29. The van der Waals surface area contributed by atoms with E-state index in [1.165, 1.54) is 22.8 Å². The van der Waals surface area contributed by atoms with Crippen molar-refractivity contribution in [3.8, 4) is 0 Å². The van der Waals surface area contributed by atoms with Gasteiger partial charge < -0.3 is 10.2 Å². The molecule has 1 atom stereocenters. The molecule has 1 aliphatic heterocycles. The Labute approximate surface area is 119 Å². The maximum absolute atomic E-state index is 6.17. The number of hydrogen-bond acceptors (Lipinski definition) is 3. The van der Waals surface area contributed by atoms with Crippen LogP contribution in [0.3, 0.4) is 0 Å². The first-order valence-electron chi connectivity index (χ1n) is 6.56. The molecular weight excluding hydrogens is 264 g/mol. The first-order valence-corrected chi connectivity index (χ1v) is 8.09. The molecule has 18 heavy (non-hydrogen) atoms. The molecule has 1 fully saturated rings.